The fourth-order valence-corrected chi connectivity index (χ4v) is 3.37. The summed E-state index contributed by atoms with van der Waals surface area (Å²) in [5.74, 6) is -0.438. The van der Waals surface area contributed by atoms with E-state index in [-0.39, 0.29) is 17.7 Å². The Balaban J connectivity index is 1.62. The third kappa shape index (κ3) is 5.12. The first-order chi connectivity index (χ1) is 13.6. The first-order valence-corrected chi connectivity index (χ1v) is 9.47. The molecule has 7 heteroatoms. The van der Waals surface area contributed by atoms with Gasteiger partial charge in [0.15, 0.2) is 0 Å². The number of hydrogen-bond donors (Lipinski definition) is 0. The number of hydrogen-bond acceptors (Lipinski definition) is 5. The zero-order valence-electron chi connectivity index (χ0n) is 16.0. The standard InChI is InChI=1S/C21H24FN3O3/c1-28-21(27)5-3-2-4-20(26)25-11-10-18-17(13-25)19(24-14-23-18)12-15-6-8-16(22)9-7-15/h6-9,14H,2-5,10-13H2,1H3. The molecular weight excluding hydrogens is 361 g/mol. The molecule has 1 amide bonds. The van der Waals surface area contributed by atoms with Crippen molar-refractivity contribution in [1.29, 1.82) is 0 Å². The highest BCUT2D eigenvalue weighted by Gasteiger charge is 2.24. The molecule has 0 aliphatic carbocycles. The molecule has 1 aliphatic rings. The third-order valence-electron chi connectivity index (χ3n) is 4.98. The van der Waals surface area contributed by atoms with Crippen molar-refractivity contribution in [3.8, 4) is 0 Å². The summed E-state index contributed by atoms with van der Waals surface area (Å²) in [6, 6.07) is 6.37. The van der Waals surface area contributed by atoms with Crippen molar-refractivity contribution in [1.82, 2.24) is 14.9 Å². The molecule has 0 atom stereocenters. The fraction of sp³-hybridized carbons (Fsp3) is 0.429. The molecule has 0 N–H and O–H groups in total. The number of amides is 1. The Morgan fingerprint density at radius 1 is 1.14 bits per heavy atom. The first-order valence-electron chi connectivity index (χ1n) is 9.47. The summed E-state index contributed by atoms with van der Waals surface area (Å²) >= 11 is 0. The van der Waals surface area contributed by atoms with E-state index in [4.69, 9.17) is 0 Å². The van der Waals surface area contributed by atoms with E-state index in [1.807, 2.05) is 4.90 Å². The van der Waals surface area contributed by atoms with Gasteiger partial charge in [-0.25, -0.2) is 14.4 Å². The van der Waals surface area contributed by atoms with Crippen molar-refractivity contribution < 1.29 is 18.7 Å². The Kier molecular flexibility index (Phi) is 6.68. The quantitative estimate of drug-likeness (QED) is 0.541. The molecule has 1 aliphatic heterocycles. The number of unbranched alkanes of at least 4 members (excludes halogenated alkanes) is 1. The number of methoxy groups -OCH3 is 1. The molecule has 0 radical (unpaired) electrons. The maximum Gasteiger partial charge on any atom is 0.305 e. The van der Waals surface area contributed by atoms with Gasteiger partial charge >= 0.3 is 5.97 Å². The average Bonchev–Trinajstić information content (AvgIpc) is 2.72. The number of rotatable bonds is 7. The zero-order chi connectivity index (χ0) is 19.9. The molecule has 148 valence electrons. The molecule has 0 bridgehead atoms. The monoisotopic (exact) mass is 385 g/mol. The Bertz CT molecular complexity index is 839. The summed E-state index contributed by atoms with van der Waals surface area (Å²) in [6.45, 7) is 1.12. The van der Waals surface area contributed by atoms with Crippen LogP contribution in [0.1, 0.15) is 48.2 Å². The minimum absolute atomic E-state index is 0.0760. The number of benzene rings is 1. The van der Waals surface area contributed by atoms with Gasteiger partial charge in [-0.15, -0.1) is 0 Å². The minimum atomic E-state index is -0.266. The number of esters is 1. The second kappa shape index (κ2) is 9.39. The highest BCUT2D eigenvalue weighted by atomic mass is 19.1. The number of halogens is 1. The first kappa shape index (κ1) is 19.9. The summed E-state index contributed by atoms with van der Waals surface area (Å²) in [7, 11) is 1.37. The fourth-order valence-electron chi connectivity index (χ4n) is 3.37. The summed E-state index contributed by atoms with van der Waals surface area (Å²) in [5, 5.41) is 0. The lowest BCUT2D eigenvalue weighted by Gasteiger charge is -2.29. The molecule has 0 fully saturated rings. The number of carbonyl (C=O) groups is 2. The largest absolute Gasteiger partial charge is 0.469 e. The lowest BCUT2D eigenvalue weighted by molar-refractivity contribution is -0.141. The van der Waals surface area contributed by atoms with E-state index in [1.54, 1.807) is 18.5 Å². The molecule has 0 unspecified atom stereocenters. The van der Waals surface area contributed by atoms with Gasteiger partial charge in [-0.2, -0.15) is 0 Å². The zero-order valence-corrected chi connectivity index (χ0v) is 16.0. The highest BCUT2D eigenvalue weighted by Crippen LogP contribution is 2.22. The van der Waals surface area contributed by atoms with Crippen molar-refractivity contribution in [3.05, 3.63) is 58.9 Å². The van der Waals surface area contributed by atoms with Gasteiger partial charge in [-0.1, -0.05) is 12.1 Å². The van der Waals surface area contributed by atoms with E-state index in [9.17, 15) is 14.0 Å². The van der Waals surface area contributed by atoms with Gasteiger partial charge in [-0.3, -0.25) is 9.59 Å². The molecule has 0 spiro atoms. The second-order valence-electron chi connectivity index (χ2n) is 6.90. The van der Waals surface area contributed by atoms with E-state index in [1.165, 1.54) is 19.2 Å². The van der Waals surface area contributed by atoms with Crippen LogP contribution in [0.25, 0.3) is 0 Å². The molecule has 0 saturated carbocycles. The Hall–Kier alpha value is -2.83. The van der Waals surface area contributed by atoms with Crippen molar-refractivity contribution in [2.75, 3.05) is 13.7 Å². The van der Waals surface area contributed by atoms with Crippen molar-refractivity contribution >= 4 is 11.9 Å². The van der Waals surface area contributed by atoms with Crippen LogP contribution < -0.4 is 0 Å². The number of nitrogens with zero attached hydrogens (tertiary/aromatic N) is 3. The number of carbonyl (C=O) groups excluding carboxylic acids is 2. The van der Waals surface area contributed by atoms with Gasteiger partial charge in [-0.05, 0) is 30.5 Å². The third-order valence-corrected chi connectivity index (χ3v) is 4.98. The van der Waals surface area contributed by atoms with E-state index in [0.29, 0.717) is 51.6 Å². The molecule has 2 aromatic rings. The van der Waals surface area contributed by atoms with Crippen LogP contribution in [0.4, 0.5) is 4.39 Å². The van der Waals surface area contributed by atoms with Gasteiger partial charge in [0, 0.05) is 44.3 Å². The molecular formula is C21H24FN3O3. The van der Waals surface area contributed by atoms with Gasteiger partial charge < -0.3 is 9.64 Å². The maximum atomic E-state index is 13.1. The van der Waals surface area contributed by atoms with Crippen LogP contribution in [0.5, 0.6) is 0 Å². The minimum Gasteiger partial charge on any atom is -0.469 e. The van der Waals surface area contributed by atoms with E-state index < -0.39 is 0 Å². The Labute approximate surface area is 163 Å². The lowest BCUT2D eigenvalue weighted by atomic mass is 9.99. The summed E-state index contributed by atoms with van der Waals surface area (Å²) in [5.41, 5.74) is 3.80. The maximum absolute atomic E-state index is 13.1. The van der Waals surface area contributed by atoms with Gasteiger partial charge in [0.2, 0.25) is 5.91 Å². The van der Waals surface area contributed by atoms with Crippen LogP contribution in [-0.4, -0.2) is 40.4 Å². The predicted molar refractivity (Wildman–Crippen MR) is 101 cm³/mol. The van der Waals surface area contributed by atoms with Crippen molar-refractivity contribution in [2.24, 2.45) is 0 Å². The van der Waals surface area contributed by atoms with E-state index in [2.05, 4.69) is 14.7 Å². The molecule has 28 heavy (non-hydrogen) atoms. The summed E-state index contributed by atoms with van der Waals surface area (Å²) in [6.07, 6.45) is 4.87. The number of aromatic nitrogens is 2. The molecule has 1 aromatic heterocycles. The van der Waals surface area contributed by atoms with E-state index in [0.717, 1.165) is 22.5 Å². The number of ether oxygens (including phenoxy) is 1. The Morgan fingerprint density at radius 2 is 1.89 bits per heavy atom. The Morgan fingerprint density at radius 3 is 2.64 bits per heavy atom. The van der Waals surface area contributed by atoms with Crippen LogP contribution >= 0.6 is 0 Å². The summed E-state index contributed by atoms with van der Waals surface area (Å²) < 4.78 is 17.7. The van der Waals surface area contributed by atoms with Crippen LogP contribution in [0.15, 0.2) is 30.6 Å². The number of fused-ring (bicyclic) bond motifs is 1. The molecule has 3 rings (SSSR count). The van der Waals surface area contributed by atoms with Crippen LogP contribution in [0.2, 0.25) is 0 Å². The van der Waals surface area contributed by atoms with Gasteiger partial charge in [0.25, 0.3) is 0 Å². The summed E-state index contributed by atoms with van der Waals surface area (Å²) in [4.78, 5) is 34.3. The van der Waals surface area contributed by atoms with E-state index >= 15 is 0 Å². The topological polar surface area (TPSA) is 72.4 Å². The second-order valence-corrected chi connectivity index (χ2v) is 6.90. The van der Waals surface area contributed by atoms with Crippen LogP contribution in [0.3, 0.4) is 0 Å². The van der Waals surface area contributed by atoms with Crippen molar-refractivity contribution in [2.45, 2.75) is 45.1 Å². The normalized spacial score (nSPS) is 13.1. The predicted octanol–water partition coefficient (Wildman–Crippen LogP) is 2.82. The lowest BCUT2D eigenvalue weighted by Crippen LogP contribution is -2.37. The van der Waals surface area contributed by atoms with Crippen molar-refractivity contribution in [3.63, 3.8) is 0 Å². The highest BCUT2D eigenvalue weighted by molar-refractivity contribution is 5.76. The molecule has 2 heterocycles. The molecule has 1 aromatic carbocycles. The molecule has 0 saturated heterocycles. The smallest absolute Gasteiger partial charge is 0.305 e. The molecule has 6 nitrogen and oxygen atoms in total. The average molecular weight is 385 g/mol. The van der Waals surface area contributed by atoms with Gasteiger partial charge in [0.1, 0.15) is 12.1 Å². The SMILES string of the molecule is COC(=O)CCCCC(=O)N1CCc2ncnc(Cc3ccc(F)cc3)c2C1. The van der Waals surface area contributed by atoms with Gasteiger partial charge in [0.05, 0.1) is 18.5 Å². The van der Waals surface area contributed by atoms with Crippen LogP contribution in [-0.2, 0) is 33.7 Å². The van der Waals surface area contributed by atoms with Crippen LogP contribution in [0, 0.1) is 5.82 Å².